The van der Waals surface area contributed by atoms with Crippen LogP contribution >= 0.6 is 0 Å². The van der Waals surface area contributed by atoms with Gasteiger partial charge in [-0.1, -0.05) is 6.07 Å². The van der Waals surface area contributed by atoms with Crippen LogP contribution in [0.2, 0.25) is 0 Å². The van der Waals surface area contributed by atoms with Gasteiger partial charge in [0.25, 0.3) is 6.43 Å². The maximum atomic E-state index is 13.7. The second-order valence-corrected chi connectivity index (χ2v) is 9.88. The summed E-state index contributed by atoms with van der Waals surface area (Å²) in [7, 11) is 0. The molecule has 0 aliphatic heterocycles. The fourth-order valence-electron chi connectivity index (χ4n) is 3.87. The van der Waals surface area contributed by atoms with Crippen molar-refractivity contribution >= 4 is 11.9 Å². The molecule has 0 saturated carbocycles. The van der Waals surface area contributed by atoms with Gasteiger partial charge in [0.15, 0.2) is 0 Å². The normalized spacial score (nSPS) is 11.5. The minimum Gasteiger partial charge on any atom is -0.481 e. The highest BCUT2D eigenvalue weighted by Crippen LogP contribution is 2.39. The number of halogens is 3. The first-order chi connectivity index (χ1) is 19.4. The summed E-state index contributed by atoms with van der Waals surface area (Å²) >= 11 is 0. The number of carboxylic acids is 1. The molecule has 41 heavy (non-hydrogen) atoms. The molecule has 0 atom stereocenters. The summed E-state index contributed by atoms with van der Waals surface area (Å²) in [5.41, 5.74) is 6.69. The molecule has 0 aliphatic carbocycles. The average Bonchev–Trinajstić information content (AvgIpc) is 2.91. The van der Waals surface area contributed by atoms with E-state index in [9.17, 15) is 23.1 Å². The number of aliphatic carboxylic acids is 1. The summed E-state index contributed by atoms with van der Waals surface area (Å²) in [6, 6.07) is 13.3. The Morgan fingerprint density at radius 2 is 1.73 bits per heavy atom. The van der Waals surface area contributed by atoms with Crippen molar-refractivity contribution in [1.29, 1.82) is 0 Å². The summed E-state index contributed by atoms with van der Waals surface area (Å²) in [6.07, 6.45) is -2.55. The number of pyridine rings is 2. The van der Waals surface area contributed by atoms with Crippen LogP contribution in [0.3, 0.4) is 0 Å². The van der Waals surface area contributed by atoms with Crippen LogP contribution in [-0.4, -0.2) is 37.6 Å². The fraction of sp³-hybridized carbons (Fsp3) is 0.276. The van der Waals surface area contributed by atoms with E-state index in [0.29, 0.717) is 22.5 Å². The van der Waals surface area contributed by atoms with Gasteiger partial charge < -0.3 is 20.3 Å². The Morgan fingerprint density at radius 3 is 2.41 bits per heavy atom. The number of nitrogen functional groups attached to an aromatic ring is 1. The summed E-state index contributed by atoms with van der Waals surface area (Å²) in [5.74, 6) is -1.27. The van der Waals surface area contributed by atoms with Gasteiger partial charge in [0.2, 0.25) is 17.7 Å². The second-order valence-electron chi connectivity index (χ2n) is 9.88. The smallest absolute Gasteiger partial charge is 0.309 e. The number of nitrogens with two attached hydrogens (primary N) is 1. The van der Waals surface area contributed by atoms with E-state index in [2.05, 4.69) is 19.9 Å². The Labute approximate surface area is 234 Å². The Morgan fingerprint density at radius 1 is 1.00 bits per heavy atom. The van der Waals surface area contributed by atoms with Crippen LogP contribution in [0, 0.1) is 18.2 Å². The molecule has 0 aliphatic rings. The van der Waals surface area contributed by atoms with Gasteiger partial charge in [0, 0.05) is 17.3 Å². The molecule has 12 heteroatoms. The molecule has 4 rings (SSSR count). The molecule has 0 saturated heterocycles. The van der Waals surface area contributed by atoms with Crippen LogP contribution in [0.5, 0.6) is 11.8 Å². The molecule has 0 unspecified atom stereocenters. The van der Waals surface area contributed by atoms with Crippen molar-refractivity contribution in [2.75, 3.05) is 12.3 Å². The number of hydrogen-bond donors (Lipinski definition) is 2. The minimum atomic E-state index is -2.82. The number of aryl methyl sites for hydroxylation is 1. The Hall–Kier alpha value is -4.74. The van der Waals surface area contributed by atoms with Crippen molar-refractivity contribution < 1.29 is 32.5 Å². The molecular weight excluding hydrogens is 539 g/mol. The maximum absolute atomic E-state index is 13.7. The maximum Gasteiger partial charge on any atom is 0.309 e. The van der Waals surface area contributed by atoms with Crippen molar-refractivity contribution in [2.24, 2.45) is 5.41 Å². The number of nitrogens with zero attached hydrogens (tertiary/aromatic N) is 4. The van der Waals surface area contributed by atoms with E-state index < -0.39 is 29.3 Å². The average molecular weight is 568 g/mol. The first kappa shape index (κ1) is 29.2. The van der Waals surface area contributed by atoms with Gasteiger partial charge in [-0.25, -0.2) is 23.1 Å². The summed E-state index contributed by atoms with van der Waals surface area (Å²) in [6.45, 7) is 4.83. The van der Waals surface area contributed by atoms with E-state index in [1.807, 2.05) is 0 Å². The molecule has 4 aromatic rings. The third-order valence-electron chi connectivity index (χ3n) is 6.19. The van der Waals surface area contributed by atoms with Gasteiger partial charge in [-0.15, -0.1) is 0 Å². The van der Waals surface area contributed by atoms with Gasteiger partial charge in [-0.05, 0) is 75.2 Å². The quantitative estimate of drug-likeness (QED) is 0.223. The van der Waals surface area contributed by atoms with Gasteiger partial charge >= 0.3 is 5.97 Å². The number of hydrogen-bond acceptors (Lipinski definition) is 8. The predicted octanol–water partition coefficient (Wildman–Crippen LogP) is 6.03. The van der Waals surface area contributed by atoms with Crippen LogP contribution in [-0.2, 0) is 11.4 Å². The fourth-order valence-corrected chi connectivity index (χ4v) is 3.87. The lowest BCUT2D eigenvalue weighted by Gasteiger charge is -2.19. The highest BCUT2D eigenvalue weighted by Gasteiger charge is 2.27. The third kappa shape index (κ3) is 7.27. The molecule has 0 spiro atoms. The van der Waals surface area contributed by atoms with Crippen molar-refractivity contribution in [3.05, 3.63) is 77.5 Å². The summed E-state index contributed by atoms with van der Waals surface area (Å²) in [4.78, 5) is 28.2. The van der Waals surface area contributed by atoms with Gasteiger partial charge in [0.1, 0.15) is 18.1 Å². The largest absolute Gasteiger partial charge is 0.481 e. The number of rotatable bonds is 11. The molecule has 0 bridgehead atoms. The predicted molar refractivity (Wildman–Crippen MR) is 145 cm³/mol. The van der Waals surface area contributed by atoms with E-state index in [1.165, 1.54) is 30.3 Å². The summed E-state index contributed by atoms with van der Waals surface area (Å²) < 4.78 is 52.6. The monoisotopic (exact) mass is 567 g/mol. The molecule has 214 valence electrons. The minimum absolute atomic E-state index is 0.000953. The molecule has 0 radical (unpaired) electrons. The molecule has 0 amide bonds. The number of aromatic nitrogens is 4. The lowest BCUT2D eigenvalue weighted by molar-refractivity contribution is -0.147. The molecule has 0 fully saturated rings. The van der Waals surface area contributed by atoms with Crippen LogP contribution < -0.4 is 15.2 Å². The Bertz CT molecular complexity index is 1550. The van der Waals surface area contributed by atoms with Gasteiger partial charge in [-0.2, -0.15) is 4.98 Å². The van der Waals surface area contributed by atoms with Crippen LogP contribution in [0.1, 0.15) is 43.8 Å². The van der Waals surface area contributed by atoms with Crippen LogP contribution in [0.25, 0.3) is 22.4 Å². The van der Waals surface area contributed by atoms with E-state index in [-0.39, 0.29) is 48.6 Å². The number of ether oxygens (including phenoxy) is 2. The number of carbonyl (C=O) groups is 1. The third-order valence-corrected chi connectivity index (χ3v) is 6.19. The molecule has 3 N–H and O–H groups in total. The second kappa shape index (κ2) is 12.2. The first-order valence-corrected chi connectivity index (χ1v) is 12.6. The molecule has 9 nitrogen and oxygen atoms in total. The van der Waals surface area contributed by atoms with Gasteiger partial charge in [0.05, 0.1) is 29.0 Å². The van der Waals surface area contributed by atoms with Crippen LogP contribution in [0.4, 0.5) is 19.1 Å². The van der Waals surface area contributed by atoms with Crippen LogP contribution in [0.15, 0.2) is 54.6 Å². The molecule has 3 aromatic heterocycles. The van der Waals surface area contributed by atoms with E-state index >= 15 is 0 Å². The summed E-state index contributed by atoms with van der Waals surface area (Å²) in [5, 5.41) is 9.28. The Balaban J connectivity index is 1.68. The number of benzene rings is 1. The zero-order chi connectivity index (χ0) is 29.7. The molecule has 3 heterocycles. The van der Waals surface area contributed by atoms with E-state index in [1.54, 1.807) is 45.0 Å². The first-order valence-electron chi connectivity index (χ1n) is 12.6. The van der Waals surface area contributed by atoms with Gasteiger partial charge in [-0.3, -0.25) is 9.78 Å². The number of alkyl halides is 2. The highest BCUT2D eigenvalue weighted by molar-refractivity contribution is 5.85. The lowest BCUT2D eigenvalue weighted by atomic mass is 9.90. The topological polar surface area (TPSA) is 133 Å². The van der Waals surface area contributed by atoms with E-state index in [0.717, 1.165) is 0 Å². The van der Waals surface area contributed by atoms with Crippen molar-refractivity contribution in [2.45, 2.75) is 40.2 Å². The zero-order valence-electron chi connectivity index (χ0n) is 22.6. The SMILES string of the molecule is Cc1cc(-c2c(OCc3cccc(OCCC(C)(C)C(=O)O)n3)nc(N)nc2-c2ccc(F)cc2)cc(C(F)F)n1. The zero-order valence-corrected chi connectivity index (χ0v) is 22.6. The number of anilines is 1. The lowest BCUT2D eigenvalue weighted by Crippen LogP contribution is -2.26. The standard InChI is InChI=1S/C29H28F3N5O4/c1-16-13-18(14-21(34-16)25(31)32)23-24(17-7-9-19(30)10-8-17)36-28(33)37-26(23)41-15-20-5-4-6-22(35-20)40-12-11-29(2,3)27(38)39/h4-10,13-14,25H,11-12,15H2,1-3H3,(H,38,39)(H2,33,36,37). The number of carboxylic acid groups (broad SMARTS) is 1. The van der Waals surface area contributed by atoms with Crippen molar-refractivity contribution in [3.8, 4) is 34.1 Å². The van der Waals surface area contributed by atoms with Crippen molar-refractivity contribution in [1.82, 2.24) is 19.9 Å². The van der Waals surface area contributed by atoms with Crippen molar-refractivity contribution in [3.63, 3.8) is 0 Å². The van der Waals surface area contributed by atoms with E-state index in [4.69, 9.17) is 15.2 Å². The Kier molecular flexibility index (Phi) is 8.70. The highest BCUT2D eigenvalue weighted by atomic mass is 19.3. The molecule has 1 aromatic carbocycles. The molecular formula is C29H28F3N5O4.